The van der Waals surface area contributed by atoms with Crippen molar-refractivity contribution in [2.45, 2.75) is 4.90 Å². The van der Waals surface area contributed by atoms with Crippen LogP contribution in [-0.2, 0) is 4.79 Å². The van der Waals surface area contributed by atoms with E-state index in [0.717, 1.165) is 33.1 Å². The summed E-state index contributed by atoms with van der Waals surface area (Å²) in [5.74, 6) is 1.18. The number of methoxy groups -OCH3 is 1. The Kier molecular flexibility index (Phi) is 7.36. The highest BCUT2D eigenvalue weighted by molar-refractivity contribution is 7.99. The molecule has 5 heteroatoms. The minimum absolute atomic E-state index is 0.339. The number of thioether (sulfide) groups is 1. The van der Waals surface area contributed by atoms with Gasteiger partial charge < -0.3 is 14.6 Å². The Labute approximate surface area is 174 Å². The second-order valence-electron chi connectivity index (χ2n) is 6.15. The molecule has 0 fully saturated rings. The van der Waals surface area contributed by atoms with E-state index in [1.165, 1.54) is 0 Å². The maximum atomic E-state index is 10.6. The first-order chi connectivity index (χ1) is 14.2. The number of para-hydroxylation sites is 1. The number of hydrogen-bond donors (Lipinski definition) is 1. The van der Waals surface area contributed by atoms with Gasteiger partial charge >= 0.3 is 5.97 Å². The van der Waals surface area contributed by atoms with Crippen LogP contribution in [0.25, 0.3) is 5.57 Å². The van der Waals surface area contributed by atoms with Gasteiger partial charge in [-0.1, -0.05) is 54.6 Å². The molecule has 0 heterocycles. The lowest BCUT2D eigenvalue weighted by Gasteiger charge is -2.13. The van der Waals surface area contributed by atoms with Crippen molar-refractivity contribution in [1.82, 2.24) is 0 Å². The van der Waals surface area contributed by atoms with Crippen molar-refractivity contribution in [2.24, 2.45) is 0 Å². The van der Waals surface area contributed by atoms with E-state index in [4.69, 9.17) is 14.6 Å². The SMILES string of the molecule is COc1ccccc1/C(=C\CSc1ccc(OCC(=O)O)cc1)c1ccccc1. The highest BCUT2D eigenvalue weighted by atomic mass is 32.2. The molecule has 4 nitrogen and oxygen atoms in total. The van der Waals surface area contributed by atoms with Crippen LogP contribution in [0.4, 0.5) is 0 Å². The summed E-state index contributed by atoms with van der Waals surface area (Å²) in [7, 11) is 1.68. The van der Waals surface area contributed by atoms with Crippen molar-refractivity contribution in [3.8, 4) is 11.5 Å². The fraction of sp³-hybridized carbons (Fsp3) is 0.125. The molecule has 1 N–H and O–H groups in total. The third kappa shape index (κ3) is 5.90. The number of hydrogen-bond acceptors (Lipinski definition) is 4. The van der Waals surface area contributed by atoms with Gasteiger partial charge in [0.25, 0.3) is 0 Å². The Morgan fingerprint density at radius 2 is 1.66 bits per heavy atom. The zero-order valence-corrected chi connectivity index (χ0v) is 16.9. The maximum Gasteiger partial charge on any atom is 0.341 e. The van der Waals surface area contributed by atoms with Gasteiger partial charge in [0.2, 0.25) is 0 Å². The molecule has 0 aliphatic carbocycles. The summed E-state index contributed by atoms with van der Waals surface area (Å²) in [6.07, 6.45) is 2.20. The van der Waals surface area contributed by atoms with Crippen molar-refractivity contribution < 1.29 is 19.4 Å². The van der Waals surface area contributed by atoms with E-state index in [9.17, 15) is 4.79 Å². The molecule has 0 spiro atoms. The Morgan fingerprint density at radius 3 is 2.34 bits per heavy atom. The number of ether oxygens (including phenoxy) is 2. The number of aliphatic carboxylic acids is 1. The van der Waals surface area contributed by atoms with Gasteiger partial charge in [0.05, 0.1) is 7.11 Å². The molecule has 0 saturated carbocycles. The highest BCUT2D eigenvalue weighted by Gasteiger charge is 2.10. The molecule has 3 aromatic carbocycles. The van der Waals surface area contributed by atoms with E-state index in [2.05, 4.69) is 24.3 Å². The number of rotatable bonds is 9. The zero-order chi connectivity index (χ0) is 20.5. The summed E-state index contributed by atoms with van der Waals surface area (Å²) in [6, 6.07) is 25.7. The maximum absolute atomic E-state index is 10.6. The van der Waals surface area contributed by atoms with Crippen molar-refractivity contribution in [3.63, 3.8) is 0 Å². The van der Waals surface area contributed by atoms with Gasteiger partial charge in [0.1, 0.15) is 11.5 Å². The summed E-state index contributed by atoms with van der Waals surface area (Å²) in [4.78, 5) is 11.7. The van der Waals surface area contributed by atoms with Gasteiger partial charge in [0.15, 0.2) is 6.61 Å². The number of benzene rings is 3. The van der Waals surface area contributed by atoms with E-state index in [0.29, 0.717) is 5.75 Å². The Morgan fingerprint density at radius 1 is 0.966 bits per heavy atom. The van der Waals surface area contributed by atoms with Crippen molar-refractivity contribution in [2.75, 3.05) is 19.5 Å². The van der Waals surface area contributed by atoms with E-state index in [1.807, 2.05) is 48.5 Å². The van der Waals surface area contributed by atoms with Crippen LogP contribution < -0.4 is 9.47 Å². The van der Waals surface area contributed by atoms with Gasteiger partial charge in [-0.2, -0.15) is 0 Å². The predicted molar refractivity (Wildman–Crippen MR) is 117 cm³/mol. The minimum Gasteiger partial charge on any atom is -0.496 e. The number of carboxylic acids is 1. The summed E-state index contributed by atoms with van der Waals surface area (Å²) in [6.45, 7) is -0.339. The molecule has 3 rings (SSSR count). The van der Waals surface area contributed by atoms with Gasteiger partial charge in [0, 0.05) is 16.2 Å². The molecule has 0 atom stereocenters. The molecular formula is C24H22O4S. The molecule has 0 radical (unpaired) electrons. The molecule has 0 unspecified atom stereocenters. The average molecular weight is 407 g/mol. The first-order valence-electron chi connectivity index (χ1n) is 9.14. The van der Waals surface area contributed by atoms with E-state index in [1.54, 1.807) is 31.0 Å². The van der Waals surface area contributed by atoms with Gasteiger partial charge in [-0.25, -0.2) is 4.79 Å². The molecule has 0 aliphatic rings. The normalized spacial score (nSPS) is 11.1. The smallest absolute Gasteiger partial charge is 0.341 e. The first-order valence-corrected chi connectivity index (χ1v) is 10.1. The first kappa shape index (κ1) is 20.6. The van der Waals surface area contributed by atoms with Crippen LogP contribution in [0.3, 0.4) is 0 Å². The third-order valence-corrected chi connectivity index (χ3v) is 5.14. The summed E-state index contributed by atoms with van der Waals surface area (Å²) < 4.78 is 10.7. The Balaban J connectivity index is 1.76. The second-order valence-corrected chi connectivity index (χ2v) is 7.24. The molecule has 148 valence electrons. The lowest BCUT2D eigenvalue weighted by Crippen LogP contribution is -2.09. The molecule has 0 saturated heterocycles. The van der Waals surface area contributed by atoms with Crippen molar-refractivity contribution >= 4 is 23.3 Å². The van der Waals surface area contributed by atoms with Crippen LogP contribution in [0.5, 0.6) is 11.5 Å². The monoisotopic (exact) mass is 406 g/mol. The Bertz CT molecular complexity index is 966. The molecule has 0 bridgehead atoms. The van der Waals surface area contributed by atoms with Crippen LogP contribution in [0.1, 0.15) is 11.1 Å². The quantitative estimate of drug-likeness (QED) is 0.483. The fourth-order valence-corrected chi connectivity index (χ4v) is 3.64. The van der Waals surface area contributed by atoms with E-state index < -0.39 is 5.97 Å². The summed E-state index contributed by atoms with van der Waals surface area (Å²) in [5, 5.41) is 8.68. The summed E-state index contributed by atoms with van der Waals surface area (Å²) >= 11 is 1.70. The second kappa shape index (κ2) is 10.4. The van der Waals surface area contributed by atoms with Crippen LogP contribution in [0.15, 0.2) is 89.8 Å². The lowest BCUT2D eigenvalue weighted by atomic mass is 9.97. The fourth-order valence-electron chi connectivity index (χ4n) is 2.87. The van der Waals surface area contributed by atoms with Gasteiger partial charge in [-0.3, -0.25) is 0 Å². The standard InChI is InChI=1S/C24H22O4S/c1-27-23-10-6-5-9-22(23)21(18-7-3-2-4-8-18)15-16-29-20-13-11-19(12-14-20)28-17-24(25)26/h2-15H,16-17H2,1H3,(H,25,26)/b21-15-. The molecule has 0 amide bonds. The van der Waals surface area contributed by atoms with Crippen LogP contribution in [-0.4, -0.2) is 30.5 Å². The summed E-state index contributed by atoms with van der Waals surface area (Å²) in [5.41, 5.74) is 3.31. The Hall–Kier alpha value is -3.18. The van der Waals surface area contributed by atoms with Gasteiger partial charge in [-0.05, 0) is 41.5 Å². The van der Waals surface area contributed by atoms with E-state index in [-0.39, 0.29) is 6.61 Å². The molecule has 0 aliphatic heterocycles. The molecular weight excluding hydrogens is 384 g/mol. The molecule has 29 heavy (non-hydrogen) atoms. The zero-order valence-electron chi connectivity index (χ0n) is 16.1. The molecule has 0 aromatic heterocycles. The average Bonchev–Trinajstić information content (AvgIpc) is 2.77. The van der Waals surface area contributed by atoms with E-state index >= 15 is 0 Å². The minimum atomic E-state index is -0.988. The number of carboxylic acid groups (broad SMARTS) is 1. The number of carbonyl (C=O) groups is 1. The van der Waals surface area contributed by atoms with Gasteiger partial charge in [-0.15, -0.1) is 11.8 Å². The predicted octanol–water partition coefficient (Wildman–Crippen LogP) is 5.38. The van der Waals surface area contributed by atoms with Crippen molar-refractivity contribution in [1.29, 1.82) is 0 Å². The largest absolute Gasteiger partial charge is 0.496 e. The van der Waals surface area contributed by atoms with Crippen molar-refractivity contribution in [3.05, 3.63) is 96.1 Å². The lowest BCUT2D eigenvalue weighted by molar-refractivity contribution is -0.139. The van der Waals surface area contributed by atoms with Crippen LogP contribution in [0, 0.1) is 0 Å². The topological polar surface area (TPSA) is 55.8 Å². The third-order valence-electron chi connectivity index (χ3n) is 4.21. The van der Waals surface area contributed by atoms with Crippen LogP contribution >= 0.6 is 11.8 Å². The highest BCUT2D eigenvalue weighted by Crippen LogP contribution is 2.32. The van der Waals surface area contributed by atoms with Crippen LogP contribution in [0.2, 0.25) is 0 Å². The molecule has 3 aromatic rings.